The first-order chi connectivity index (χ1) is 16.3. The van der Waals surface area contributed by atoms with Gasteiger partial charge in [0.2, 0.25) is 0 Å². The number of fused-ring (bicyclic) bond motifs is 1. The van der Waals surface area contributed by atoms with Crippen LogP contribution >= 0.6 is 0 Å². The van der Waals surface area contributed by atoms with Gasteiger partial charge in [0.1, 0.15) is 11.6 Å². The Bertz CT molecular complexity index is 1280. The molecule has 1 atom stereocenters. The van der Waals surface area contributed by atoms with Gasteiger partial charge in [-0.2, -0.15) is 13.2 Å². The van der Waals surface area contributed by atoms with E-state index in [2.05, 4.69) is 15.1 Å². The van der Waals surface area contributed by atoms with Gasteiger partial charge < -0.3 is 14.8 Å². The number of hydrogen-bond donors (Lipinski definition) is 3. The summed E-state index contributed by atoms with van der Waals surface area (Å²) in [5.74, 6) is -0.893. The highest BCUT2D eigenvalue weighted by Crippen LogP contribution is 2.45. The van der Waals surface area contributed by atoms with Crippen molar-refractivity contribution < 1.29 is 32.2 Å². The summed E-state index contributed by atoms with van der Waals surface area (Å²) in [4.78, 5) is 18.0. The predicted octanol–water partition coefficient (Wildman–Crippen LogP) is 5.13. The summed E-state index contributed by atoms with van der Waals surface area (Å²) in [6, 6.07) is 9.55. The zero-order valence-corrected chi connectivity index (χ0v) is 19.4. The third-order valence-electron chi connectivity index (χ3n) is 5.89. The van der Waals surface area contributed by atoms with Crippen LogP contribution in [-0.4, -0.2) is 41.6 Å². The number of amides is 1. The molecule has 6 nitrogen and oxygen atoms in total. The second-order valence-electron chi connectivity index (χ2n) is 9.03. The maximum atomic E-state index is 14.2. The number of benzene rings is 2. The molecule has 1 aromatic heterocycles. The van der Waals surface area contributed by atoms with Crippen LogP contribution < -0.4 is 10.1 Å². The van der Waals surface area contributed by atoms with Crippen LogP contribution in [0.1, 0.15) is 41.9 Å². The summed E-state index contributed by atoms with van der Waals surface area (Å²) in [5.41, 5.74) is -3.41. The number of alkyl halides is 3. The third-order valence-corrected chi connectivity index (χ3v) is 5.89. The molecule has 186 valence electrons. The first-order valence-electron chi connectivity index (χ1n) is 10.7. The quantitative estimate of drug-likeness (QED) is 0.302. The molecule has 0 bridgehead atoms. The van der Waals surface area contributed by atoms with Crippen LogP contribution in [0.25, 0.3) is 15.7 Å². The number of halogens is 4. The van der Waals surface area contributed by atoms with E-state index in [-0.39, 0.29) is 29.2 Å². The number of rotatable bonds is 8. The van der Waals surface area contributed by atoms with Crippen molar-refractivity contribution >= 4 is 16.8 Å². The highest BCUT2D eigenvalue weighted by Gasteiger charge is 2.56. The van der Waals surface area contributed by atoms with Crippen molar-refractivity contribution in [1.82, 2.24) is 10.3 Å². The van der Waals surface area contributed by atoms with Crippen molar-refractivity contribution in [2.75, 3.05) is 13.8 Å². The fraction of sp³-hybridized carbons (Fsp3) is 0.360. The van der Waals surface area contributed by atoms with Crippen LogP contribution in [0.4, 0.5) is 17.6 Å². The van der Waals surface area contributed by atoms with E-state index in [4.69, 9.17) is 11.3 Å². The average molecular weight is 491 g/mol. The Balaban J connectivity index is 1.95. The van der Waals surface area contributed by atoms with Gasteiger partial charge in [0.15, 0.2) is 5.60 Å². The number of nitrogens with zero attached hydrogens (tertiary/aromatic N) is 1. The zero-order chi connectivity index (χ0) is 26.0. The van der Waals surface area contributed by atoms with Crippen molar-refractivity contribution in [1.29, 1.82) is 0 Å². The van der Waals surface area contributed by atoms with Crippen LogP contribution in [0.3, 0.4) is 0 Å². The van der Waals surface area contributed by atoms with E-state index in [1.54, 1.807) is 6.07 Å². The van der Waals surface area contributed by atoms with Gasteiger partial charge in [0.25, 0.3) is 12.6 Å². The zero-order valence-electron chi connectivity index (χ0n) is 19.4. The SMILES string of the molecule is [C-]#[N+]CNC(=O)c1ccc2[nH]c(CC(O)(CC(C)(C)c3cc(F)ccc3OC)C(F)(F)F)cc2c1. The second kappa shape index (κ2) is 9.58. The topological polar surface area (TPSA) is 78.7 Å². The molecule has 35 heavy (non-hydrogen) atoms. The summed E-state index contributed by atoms with van der Waals surface area (Å²) >= 11 is 0. The fourth-order valence-corrected chi connectivity index (χ4v) is 4.26. The van der Waals surface area contributed by atoms with Crippen molar-refractivity contribution in [3.63, 3.8) is 0 Å². The number of aliphatic hydroxyl groups is 1. The molecule has 0 aliphatic carbocycles. The van der Waals surface area contributed by atoms with Gasteiger partial charge in [0, 0.05) is 34.1 Å². The first kappa shape index (κ1) is 26.0. The highest BCUT2D eigenvalue weighted by atomic mass is 19.4. The third kappa shape index (κ3) is 5.57. The van der Waals surface area contributed by atoms with Crippen molar-refractivity contribution in [3.8, 4) is 5.75 Å². The molecular formula is C25H25F4N3O3. The van der Waals surface area contributed by atoms with E-state index in [0.29, 0.717) is 10.9 Å². The largest absolute Gasteiger partial charge is 0.496 e. The lowest BCUT2D eigenvalue weighted by atomic mass is 9.73. The molecule has 10 heteroatoms. The summed E-state index contributed by atoms with van der Waals surface area (Å²) in [5, 5.41) is 13.8. The molecule has 2 aromatic carbocycles. The molecule has 0 aliphatic rings. The molecule has 0 radical (unpaired) electrons. The molecule has 0 aliphatic heterocycles. The van der Waals surface area contributed by atoms with Crippen LogP contribution in [-0.2, 0) is 11.8 Å². The molecule has 3 rings (SSSR count). The number of methoxy groups -OCH3 is 1. The minimum atomic E-state index is -4.99. The smallest absolute Gasteiger partial charge is 0.417 e. The van der Waals surface area contributed by atoms with Gasteiger partial charge in [-0.25, -0.2) is 11.0 Å². The van der Waals surface area contributed by atoms with E-state index in [1.807, 2.05) is 0 Å². The van der Waals surface area contributed by atoms with Gasteiger partial charge in [-0.15, -0.1) is 0 Å². The maximum Gasteiger partial charge on any atom is 0.417 e. The van der Waals surface area contributed by atoms with Gasteiger partial charge >= 0.3 is 6.18 Å². The molecule has 0 fully saturated rings. The molecule has 0 saturated heterocycles. The molecule has 1 heterocycles. The molecule has 0 spiro atoms. The van der Waals surface area contributed by atoms with E-state index in [9.17, 15) is 27.5 Å². The normalized spacial score (nSPS) is 13.8. The van der Waals surface area contributed by atoms with Crippen LogP contribution in [0.15, 0.2) is 42.5 Å². The Morgan fingerprint density at radius 3 is 2.51 bits per heavy atom. The monoisotopic (exact) mass is 491 g/mol. The van der Waals surface area contributed by atoms with E-state index >= 15 is 0 Å². The molecule has 1 amide bonds. The number of carbonyl (C=O) groups is 1. The second-order valence-corrected chi connectivity index (χ2v) is 9.03. The number of carbonyl (C=O) groups excluding carboxylic acids is 1. The minimum absolute atomic E-state index is 0.112. The Labute approximate surface area is 199 Å². The molecule has 1 unspecified atom stereocenters. The van der Waals surface area contributed by atoms with Gasteiger partial charge in [-0.1, -0.05) is 13.8 Å². The number of ether oxygens (including phenoxy) is 1. The number of nitrogens with one attached hydrogen (secondary N) is 2. The Morgan fingerprint density at radius 1 is 1.17 bits per heavy atom. The molecule has 3 N–H and O–H groups in total. The lowest BCUT2D eigenvalue weighted by Gasteiger charge is -2.38. The summed E-state index contributed by atoms with van der Waals surface area (Å²) in [6.07, 6.45) is -6.54. The number of aromatic nitrogens is 1. The van der Waals surface area contributed by atoms with Crippen LogP contribution in [0, 0.1) is 12.4 Å². The van der Waals surface area contributed by atoms with Gasteiger partial charge in [-0.3, -0.25) is 15.0 Å². The van der Waals surface area contributed by atoms with Crippen LogP contribution in [0.5, 0.6) is 5.75 Å². The Hall–Kier alpha value is -3.58. The average Bonchev–Trinajstić information content (AvgIpc) is 3.17. The van der Waals surface area contributed by atoms with Crippen molar-refractivity contribution in [3.05, 3.63) is 76.5 Å². The number of H-pyrrole nitrogens is 1. The van der Waals surface area contributed by atoms with E-state index in [1.165, 1.54) is 45.2 Å². The summed E-state index contributed by atoms with van der Waals surface area (Å²) in [6.45, 7) is 9.52. The maximum absolute atomic E-state index is 14.2. The van der Waals surface area contributed by atoms with Crippen molar-refractivity contribution in [2.24, 2.45) is 0 Å². The number of hydrogen-bond acceptors (Lipinski definition) is 3. The summed E-state index contributed by atoms with van der Waals surface area (Å²) in [7, 11) is 1.34. The van der Waals surface area contributed by atoms with Crippen molar-refractivity contribution in [2.45, 2.75) is 43.9 Å². The minimum Gasteiger partial charge on any atom is -0.496 e. The molecule has 3 aromatic rings. The van der Waals surface area contributed by atoms with Gasteiger partial charge in [0.05, 0.1) is 7.11 Å². The Morgan fingerprint density at radius 2 is 1.89 bits per heavy atom. The van der Waals surface area contributed by atoms with E-state index < -0.39 is 41.8 Å². The Kier molecular flexibility index (Phi) is 7.13. The predicted molar refractivity (Wildman–Crippen MR) is 123 cm³/mol. The lowest BCUT2D eigenvalue weighted by Crippen LogP contribution is -2.51. The highest BCUT2D eigenvalue weighted by molar-refractivity contribution is 5.98. The molecular weight excluding hydrogens is 466 g/mol. The summed E-state index contributed by atoms with van der Waals surface area (Å²) < 4.78 is 61.7. The first-order valence-corrected chi connectivity index (χ1v) is 10.7. The fourth-order valence-electron chi connectivity index (χ4n) is 4.26. The number of aromatic amines is 1. The standard InChI is InChI=1S/C25H25F4N3O3/c1-23(2,19-11-17(26)6-8-21(19)35-4)13-24(34,25(27,28)29)12-18-10-16-9-15(5-7-20(16)32-18)22(33)31-14-30-3/h5-11,32,34H,12-14H2,1-2,4H3,(H,31,33). The van der Waals surface area contributed by atoms with Gasteiger partial charge in [-0.05, 0) is 54.3 Å². The lowest BCUT2D eigenvalue weighted by molar-refractivity contribution is -0.266. The van der Waals surface area contributed by atoms with E-state index in [0.717, 1.165) is 12.1 Å². The van der Waals surface area contributed by atoms with Crippen LogP contribution in [0.2, 0.25) is 0 Å². The molecule has 0 saturated carbocycles.